The van der Waals surface area contributed by atoms with Gasteiger partial charge in [-0.05, 0) is 56.7 Å². The molecule has 0 aromatic heterocycles. The molecule has 146 valence electrons. The second-order valence-electron chi connectivity index (χ2n) is 8.04. The molecule has 0 saturated heterocycles. The Morgan fingerprint density at radius 3 is 2.30 bits per heavy atom. The minimum absolute atomic E-state index is 0.0534. The predicted octanol–water partition coefficient (Wildman–Crippen LogP) is 3.33. The number of amides is 1. The summed E-state index contributed by atoms with van der Waals surface area (Å²) in [5.74, 6) is -6.33. The lowest BCUT2D eigenvalue weighted by Crippen LogP contribution is -2.54. The number of carboxylic acid groups (broad SMARTS) is 1. The van der Waals surface area contributed by atoms with Crippen molar-refractivity contribution in [2.24, 2.45) is 17.3 Å². The lowest BCUT2D eigenvalue weighted by molar-refractivity contribution is -0.142. The van der Waals surface area contributed by atoms with E-state index in [2.05, 4.69) is 5.32 Å². The maximum absolute atomic E-state index is 13.8. The number of nitrogens with one attached hydrogen (secondary N) is 1. The van der Waals surface area contributed by atoms with Gasteiger partial charge in [-0.2, -0.15) is 0 Å². The fourth-order valence-corrected chi connectivity index (χ4v) is 4.80. The molecule has 0 bridgehead atoms. The van der Waals surface area contributed by atoms with Crippen LogP contribution in [0.5, 0.6) is 5.75 Å². The van der Waals surface area contributed by atoms with Crippen LogP contribution in [0.3, 0.4) is 0 Å². The number of hydrogen-bond donors (Lipinski definition) is 2. The van der Waals surface area contributed by atoms with Crippen molar-refractivity contribution in [3.05, 3.63) is 29.8 Å². The summed E-state index contributed by atoms with van der Waals surface area (Å²) in [6.45, 7) is 2.48. The molecule has 0 aliphatic heterocycles. The fraction of sp³-hybridized carbons (Fsp3) is 0.600. The molecule has 3 fully saturated rings. The van der Waals surface area contributed by atoms with Gasteiger partial charge in [0.25, 0.3) is 5.92 Å². The molecular formula is C20H23F2NO4. The molecule has 1 atom stereocenters. The monoisotopic (exact) mass is 379 g/mol. The van der Waals surface area contributed by atoms with E-state index >= 15 is 0 Å². The van der Waals surface area contributed by atoms with Crippen molar-refractivity contribution in [1.29, 1.82) is 0 Å². The molecule has 27 heavy (non-hydrogen) atoms. The second-order valence-corrected chi connectivity index (χ2v) is 8.04. The summed E-state index contributed by atoms with van der Waals surface area (Å²) in [6, 6.07) is 7.60. The first-order valence-corrected chi connectivity index (χ1v) is 9.42. The van der Waals surface area contributed by atoms with Crippen LogP contribution < -0.4 is 10.1 Å². The van der Waals surface area contributed by atoms with Gasteiger partial charge in [0, 0.05) is 5.92 Å². The summed E-state index contributed by atoms with van der Waals surface area (Å²) in [5.41, 5.74) is -0.977. The highest BCUT2D eigenvalue weighted by molar-refractivity contribution is 5.84. The first-order valence-electron chi connectivity index (χ1n) is 9.42. The minimum atomic E-state index is -3.20. The molecule has 1 unspecified atom stereocenters. The summed E-state index contributed by atoms with van der Waals surface area (Å²) in [5, 5.41) is 12.0. The number of halogens is 2. The van der Waals surface area contributed by atoms with Crippen LogP contribution in [0.25, 0.3) is 0 Å². The molecule has 3 aliphatic carbocycles. The maximum atomic E-state index is 13.8. The zero-order chi connectivity index (χ0) is 19.4. The van der Waals surface area contributed by atoms with E-state index in [-0.39, 0.29) is 18.7 Å². The largest absolute Gasteiger partial charge is 0.494 e. The van der Waals surface area contributed by atoms with E-state index in [1.807, 2.05) is 31.2 Å². The lowest BCUT2D eigenvalue weighted by Gasteiger charge is -2.45. The molecule has 2 N–H and O–H groups in total. The third-order valence-corrected chi connectivity index (χ3v) is 6.62. The highest BCUT2D eigenvalue weighted by Gasteiger charge is 2.87. The Kier molecular flexibility index (Phi) is 3.98. The van der Waals surface area contributed by atoms with Gasteiger partial charge in [-0.15, -0.1) is 0 Å². The van der Waals surface area contributed by atoms with Crippen molar-refractivity contribution in [3.63, 3.8) is 0 Å². The maximum Gasteiger partial charge on any atom is 0.313 e. The first kappa shape index (κ1) is 18.2. The van der Waals surface area contributed by atoms with Gasteiger partial charge >= 0.3 is 5.97 Å². The third-order valence-electron chi connectivity index (χ3n) is 6.62. The molecule has 1 spiro atoms. The molecule has 3 saturated carbocycles. The SMILES string of the molecule is CCOc1ccc(C2(NC(=O)C3CC4(C3)C(C(=O)O)C4(F)F)CCC2)cc1. The van der Waals surface area contributed by atoms with E-state index in [9.17, 15) is 18.4 Å². The van der Waals surface area contributed by atoms with E-state index in [0.717, 1.165) is 30.6 Å². The van der Waals surface area contributed by atoms with Gasteiger partial charge in [-0.25, -0.2) is 8.78 Å². The zero-order valence-electron chi connectivity index (χ0n) is 15.1. The summed E-state index contributed by atoms with van der Waals surface area (Å²) in [7, 11) is 0. The van der Waals surface area contributed by atoms with E-state index in [1.165, 1.54) is 0 Å². The zero-order valence-corrected chi connectivity index (χ0v) is 15.1. The van der Waals surface area contributed by atoms with E-state index < -0.39 is 34.7 Å². The highest BCUT2D eigenvalue weighted by atomic mass is 19.3. The van der Waals surface area contributed by atoms with E-state index in [4.69, 9.17) is 9.84 Å². The lowest BCUT2D eigenvalue weighted by atomic mass is 9.67. The van der Waals surface area contributed by atoms with Crippen molar-refractivity contribution in [2.75, 3.05) is 6.61 Å². The van der Waals surface area contributed by atoms with Crippen LogP contribution >= 0.6 is 0 Å². The second kappa shape index (κ2) is 5.91. The smallest absolute Gasteiger partial charge is 0.313 e. The first-order chi connectivity index (χ1) is 12.8. The molecular weight excluding hydrogens is 356 g/mol. The Hall–Kier alpha value is -2.18. The minimum Gasteiger partial charge on any atom is -0.494 e. The quantitative estimate of drug-likeness (QED) is 0.795. The van der Waals surface area contributed by atoms with Gasteiger partial charge in [0.15, 0.2) is 0 Å². The molecule has 7 heteroatoms. The average Bonchev–Trinajstić information content (AvgIpc) is 3.07. The number of benzene rings is 1. The van der Waals surface area contributed by atoms with E-state index in [1.54, 1.807) is 0 Å². The van der Waals surface area contributed by atoms with Crippen LogP contribution in [-0.4, -0.2) is 29.5 Å². The van der Waals surface area contributed by atoms with Gasteiger partial charge in [0.1, 0.15) is 11.7 Å². The Bertz CT molecular complexity index is 767. The van der Waals surface area contributed by atoms with Crippen LogP contribution in [0, 0.1) is 17.3 Å². The summed E-state index contributed by atoms with van der Waals surface area (Å²) < 4.78 is 33.1. The summed E-state index contributed by atoms with van der Waals surface area (Å²) >= 11 is 0. The van der Waals surface area contributed by atoms with Crippen molar-refractivity contribution >= 4 is 11.9 Å². The topological polar surface area (TPSA) is 75.6 Å². The number of alkyl halides is 2. The molecule has 5 nitrogen and oxygen atoms in total. The molecule has 0 heterocycles. The fourth-order valence-electron chi connectivity index (χ4n) is 4.80. The summed E-state index contributed by atoms with van der Waals surface area (Å²) in [6.07, 6.45) is 2.49. The Balaban J connectivity index is 1.41. The van der Waals surface area contributed by atoms with Crippen molar-refractivity contribution in [2.45, 2.75) is 50.5 Å². The van der Waals surface area contributed by atoms with Gasteiger partial charge < -0.3 is 15.2 Å². The molecule has 1 amide bonds. The molecule has 0 radical (unpaired) electrons. The van der Waals surface area contributed by atoms with Crippen molar-refractivity contribution < 1.29 is 28.2 Å². The number of ether oxygens (including phenoxy) is 1. The third kappa shape index (κ3) is 2.54. The van der Waals surface area contributed by atoms with E-state index in [0.29, 0.717) is 6.61 Å². The Labute approximate surface area is 156 Å². The van der Waals surface area contributed by atoms with Crippen molar-refractivity contribution in [3.8, 4) is 5.75 Å². The highest BCUT2D eigenvalue weighted by Crippen LogP contribution is 2.76. The normalized spacial score (nSPS) is 32.1. The average molecular weight is 379 g/mol. The van der Waals surface area contributed by atoms with Crippen LogP contribution in [0.1, 0.15) is 44.6 Å². The van der Waals surface area contributed by atoms with Crippen LogP contribution in [-0.2, 0) is 15.1 Å². The number of carboxylic acids is 1. The Morgan fingerprint density at radius 2 is 1.85 bits per heavy atom. The molecule has 1 aromatic carbocycles. The Morgan fingerprint density at radius 1 is 1.22 bits per heavy atom. The predicted molar refractivity (Wildman–Crippen MR) is 92.5 cm³/mol. The molecule has 4 rings (SSSR count). The number of hydrogen-bond acceptors (Lipinski definition) is 3. The van der Waals surface area contributed by atoms with Gasteiger partial charge in [-0.1, -0.05) is 12.1 Å². The number of rotatable bonds is 6. The standard InChI is InChI=1S/C20H23F2NO4/c1-2-27-14-6-4-13(5-7-14)19(8-3-9-19)23-16(24)12-10-18(11-12)15(17(25)26)20(18,21)22/h4-7,12,15H,2-3,8-11H2,1H3,(H,23,24)(H,25,26). The molecule has 3 aliphatic rings. The number of carbonyl (C=O) groups is 2. The van der Waals surface area contributed by atoms with Crippen LogP contribution in [0.2, 0.25) is 0 Å². The van der Waals surface area contributed by atoms with Crippen LogP contribution in [0.4, 0.5) is 8.78 Å². The van der Waals surface area contributed by atoms with Crippen molar-refractivity contribution in [1.82, 2.24) is 5.32 Å². The van der Waals surface area contributed by atoms with Gasteiger partial charge in [0.05, 0.1) is 17.6 Å². The number of carbonyl (C=O) groups excluding carboxylic acids is 1. The van der Waals surface area contributed by atoms with Crippen LogP contribution in [0.15, 0.2) is 24.3 Å². The number of aliphatic carboxylic acids is 1. The van der Waals surface area contributed by atoms with Gasteiger partial charge in [0.2, 0.25) is 5.91 Å². The van der Waals surface area contributed by atoms with Gasteiger partial charge in [-0.3, -0.25) is 9.59 Å². The molecule has 1 aromatic rings. The summed E-state index contributed by atoms with van der Waals surface area (Å²) in [4.78, 5) is 23.7.